The summed E-state index contributed by atoms with van der Waals surface area (Å²) in [6, 6.07) is 11.2. The zero-order valence-electron chi connectivity index (χ0n) is 15.5. The number of anilines is 2. The Hall–Kier alpha value is -3.36. The van der Waals surface area contributed by atoms with Crippen LogP contribution >= 0.6 is 0 Å². The predicted molar refractivity (Wildman–Crippen MR) is 100 cm³/mol. The molecule has 6 nitrogen and oxygen atoms in total. The van der Waals surface area contributed by atoms with Crippen molar-refractivity contribution in [2.75, 3.05) is 17.2 Å². The second kappa shape index (κ2) is 9.72. The number of carbonyl (C=O) groups excluding carboxylic acids is 3. The standard InChI is InChI=1S/C20H19F3N2O4/c1-13-4-2-6-15(10-13)24-17(26)8-9-19(28)29-12-18(27)25-16-7-3-5-14(11-16)20(21,22)23/h2-7,10-11H,8-9,12H2,1H3,(H,24,26)(H,25,27). The summed E-state index contributed by atoms with van der Waals surface area (Å²) in [6.45, 7) is 1.20. The number of rotatable bonds is 7. The van der Waals surface area contributed by atoms with Crippen LogP contribution in [0.25, 0.3) is 0 Å². The highest BCUT2D eigenvalue weighted by Crippen LogP contribution is 2.30. The molecule has 2 aromatic rings. The van der Waals surface area contributed by atoms with Crippen LogP contribution in [0.2, 0.25) is 0 Å². The van der Waals surface area contributed by atoms with Crippen LogP contribution in [0, 0.1) is 6.92 Å². The van der Waals surface area contributed by atoms with Gasteiger partial charge >= 0.3 is 12.1 Å². The molecule has 2 rings (SSSR count). The molecule has 2 aromatic carbocycles. The SMILES string of the molecule is Cc1cccc(NC(=O)CCC(=O)OCC(=O)Nc2cccc(C(F)(F)F)c2)c1. The molecule has 2 N–H and O–H groups in total. The van der Waals surface area contributed by atoms with Crippen molar-refractivity contribution >= 4 is 29.2 Å². The minimum Gasteiger partial charge on any atom is -0.456 e. The van der Waals surface area contributed by atoms with E-state index in [0.717, 1.165) is 23.8 Å². The third kappa shape index (κ3) is 7.65. The number of amides is 2. The van der Waals surface area contributed by atoms with E-state index in [1.807, 2.05) is 13.0 Å². The Morgan fingerprint density at radius 2 is 1.52 bits per heavy atom. The molecule has 0 aliphatic rings. The van der Waals surface area contributed by atoms with Crippen LogP contribution in [0.3, 0.4) is 0 Å². The zero-order valence-corrected chi connectivity index (χ0v) is 15.5. The van der Waals surface area contributed by atoms with Gasteiger partial charge in [0.1, 0.15) is 0 Å². The first kappa shape index (κ1) is 21.9. The normalized spacial score (nSPS) is 10.9. The van der Waals surface area contributed by atoms with Gasteiger partial charge in [-0.15, -0.1) is 0 Å². The molecule has 0 aromatic heterocycles. The van der Waals surface area contributed by atoms with Gasteiger partial charge in [-0.05, 0) is 42.8 Å². The Labute approximate surface area is 165 Å². The van der Waals surface area contributed by atoms with Crippen LogP contribution in [0.4, 0.5) is 24.5 Å². The van der Waals surface area contributed by atoms with Gasteiger partial charge in [0.15, 0.2) is 6.61 Å². The minimum absolute atomic E-state index is 0.0709. The molecule has 0 saturated heterocycles. The third-order valence-electron chi connectivity index (χ3n) is 3.70. The van der Waals surface area contributed by atoms with Gasteiger partial charge in [-0.25, -0.2) is 0 Å². The van der Waals surface area contributed by atoms with Gasteiger partial charge < -0.3 is 15.4 Å². The van der Waals surface area contributed by atoms with Gasteiger partial charge in [-0.1, -0.05) is 18.2 Å². The maximum absolute atomic E-state index is 12.7. The number of aryl methyl sites for hydroxylation is 1. The van der Waals surface area contributed by atoms with Crippen molar-refractivity contribution < 1.29 is 32.3 Å². The van der Waals surface area contributed by atoms with Crippen molar-refractivity contribution in [2.24, 2.45) is 0 Å². The molecular formula is C20H19F3N2O4. The molecule has 0 heterocycles. The number of alkyl halides is 3. The van der Waals surface area contributed by atoms with E-state index in [2.05, 4.69) is 10.6 Å². The van der Waals surface area contributed by atoms with Crippen molar-refractivity contribution in [3.63, 3.8) is 0 Å². The van der Waals surface area contributed by atoms with Gasteiger partial charge in [0.25, 0.3) is 5.91 Å². The fourth-order valence-electron chi connectivity index (χ4n) is 2.35. The van der Waals surface area contributed by atoms with Crippen molar-refractivity contribution in [2.45, 2.75) is 25.9 Å². The molecule has 0 aliphatic heterocycles. The summed E-state index contributed by atoms with van der Waals surface area (Å²) in [7, 11) is 0. The average Bonchev–Trinajstić information content (AvgIpc) is 2.64. The van der Waals surface area contributed by atoms with Crippen LogP contribution in [0.15, 0.2) is 48.5 Å². The molecule has 0 unspecified atom stereocenters. The van der Waals surface area contributed by atoms with Crippen molar-refractivity contribution in [1.82, 2.24) is 0 Å². The van der Waals surface area contributed by atoms with Crippen LogP contribution in [-0.4, -0.2) is 24.4 Å². The summed E-state index contributed by atoms with van der Waals surface area (Å²) in [5.41, 5.74) is 0.586. The topological polar surface area (TPSA) is 84.5 Å². The van der Waals surface area contributed by atoms with Gasteiger partial charge in [-0.2, -0.15) is 13.2 Å². The molecule has 29 heavy (non-hydrogen) atoms. The largest absolute Gasteiger partial charge is 0.456 e. The first-order valence-electron chi connectivity index (χ1n) is 8.63. The third-order valence-corrected chi connectivity index (χ3v) is 3.70. The Balaban J connectivity index is 1.73. The number of benzene rings is 2. The molecule has 0 saturated carbocycles. The number of hydrogen-bond acceptors (Lipinski definition) is 4. The van der Waals surface area contributed by atoms with Crippen LogP contribution in [-0.2, 0) is 25.3 Å². The van der Waals surface area contributed by atoms with Crippen LogP contribution < -0.4 is 10.6 Å². The molecule has 0 atom stereocenters. The van der Waals surface area contributed by atoms with E-state index in [9.17, 15) is 27.6 Å². The highest BCUT2D eigenvalue weighted by Gasteiger charge is 2.30. The highest BCUT2D eigenvalue weighted by molar-refractivity contribution is 5.94. The van der Waals surface area contributed by atoms with Crippen LogP contribution in [0.1, 0.15) is 24.0 Å². The zero-order chi connectivity index (χ0) is 21.4. The number of carbonyl (C=O) groups is 3. The number of halogens is 3. The van der Waals surface area contributed by atoms with Crippen molar-refractivity contribution in [1.29, 1.82) is 0 Å². The van der Waals surface area contributed by atoms with Crippen molar-refractivity contribution in [3.8, 4) is 0 Å². The quantitative estimate of drug-likeness (QED) is 0.681. The number of hydrogen-bond donors (Lipinski definition) is 2. The highest BCUT2D eigenvalue weighted by atomic mass is 19.4. The molecule has 0 radical (unpaired) electrons. The fourth-order valence-corrected chi connectivity index (χ4v) is 2.35. The number of esters is 1. The second-order valence-electron chi connectivity index (χ2n) is 6.21. The monoisotopic (exact) mass is 408 g/mol. The Kier molecular flexibility index (Phi) is 7.35. The molecule has 154 valence electrons. The smallest absolute Gasteiger partial charge is 0.416 e. The van der Waals surface area contributed by atoms with E-state index in [1.165, 1.54) is 6.07 Å². The van der Waals surface area contributed by atoms with Crippen molar-refractivity contribution in [3.05, 3.63) is 59.7 Å². The lowest BCUT2D eigenvalue weighted by atomic mass is 10.2. The first-order valence-corrected chi connectivity index (χ1v) is 8.63. The summed E-state index contributed by atoms with van der Waals surface area (Å²) < 4.78 is 42.7. The van der Waals surface area contributed by atoms with E-state index in [4.69, 9.17) is 4.74 Å². The van der Waals surface area contributed by atoms with Gasteiger partial charge in [-0.3, -0.25) is 14.4 Å². The summed E-state index contributed by atoms with van der Waals surface area (Å²) >= 11 is 0. The summed E-state index contributed by atoms with van der Waals surface area (Å²) in [6.07, 6.45) is -4.91. The lowest BCUT2D eigenvalue weighted by Gasteiger charge is -2.10. The summed E-state index contributed by atoms with van der Waals surface area (Å²) in [5.74, 6) is -1.95. The fraction of sp³-hybridized carbons (Fsp3) is 0.250. The Morgan fingerprint density at radius 3 is 2.17 bits per heavy atom. The average molecular weight is 408 g/mol. The predicted octanol–water partition coefficient (Wildman–Crippen LogP) is 3.91. The maximum atomic E-state index is 12.7. The van der Waals surface area contributed by atoms with Gasteiger partial charge in [0.2, 0.25) is 5.91 Å². The summed E-state index contributed by atoms with van der Waals surface area (Å²) in [4.78, 5) is 35.2. The summed E-state index contributed by atoms with van der Waals surface area (Å²) in [5, 5.41) is 4.85. The molecule has 9 heteroatoms. The van der Waals surface area contributed by atoms with Gasteiger partial charge in [0.05, 0.1) is 12.0 Å². The second-order valence-corrected chi connectivity index (χ2v) is 6.21. The molecule has 0 spiro atoms. The molecular weight excluding hydrogens is 389 g/mol. The number of nitrogens with one attached hydrogen (secondary N) is 2. The molecule has 0 bridgehead atoms. The molecule has 0 fully saturated rings. The van der Waals surface area contributed by atoms with Crippen LogP contribution in [0.5, 0.6) is 0 Å². The van der Waals surface area contributed by atoms with E-state index < -0.39 is 30.2 Å². The van der Waals surface area contributed by atoms with Gasteiger partial charge in [0, 0.05) is 17.8 Å². The maximum Gasteiger partial charge on any atom is 0.416 e. The minimum atomic E-state index is -4.54. The van der Waals surface area contributed by atoms with E-state index in [1.54, 1.807) is 18.2 Å². The Bertz CT molecular complexity index is 897. The lowest BCUT2D eigenvalue weighted by Crippen LogP contribution is -2.22. The first-order chi connectivity index (χ1) is 13.6. The van der Waals surface area contributed by atoms with E-state index in [-0.39, 0.29) is 24.4 Å². The number of ether oxygens (including phenoxy) is 1. The Morgan fingerprint density at radius 1 is 0.897 bits per heavy atom. The molecule has 2 amide bonds. The molecule has 0 aliphatic carbocycles. The lowest BCUT2D eigenvalue weighted by molar-refractivity contribution is -0.147. The van der Waals surface area contributed by atoms with E-state index in [0.29, 0.717) is 5.69 Å². The van der Waals surface area contributed by atoms with E-state index >= 15 is 0 Å².